The average Bonchev–Trinajstić information content (AvgIpc) is 2.04. The monoisotopic (exact) mass is 225 g/mol. The highest BCUT2D eigenvalue weighted by Gasteiger charge is 2.14. The molecule has 2 rings (SSSR count). The number of fused-ring (bicyclic) bond motifs is 1. The van der Waals surface area contributed by atoms with Crippen molar-refractivity contribution in [2.45, 2.75) is 25.8 Å². The number of rotatable bonds is 0. The third-order valence-electron chi connectivity index (χ3n) is 2.35. The lowest BCUT2D eigenvalue weighted by Crippen LogP contribution is -2.21. The molecular formula is C10H12BrN. The molecule has 0 saturated carbocycles. The summed E-state index contributed by atoms with van der Waals surface area (Å²) < 4.78 is 1.24. The van der Waals surface area contributed by atoms with Crippen LogP contribution in [0, 0.1) is 0 Å². The van der Waals surface area contributed by atoms with E-state index in [2.05, 4.69) is 46.4 Å². The summed E-state index contributed by atoms with van der Waals surface area (Å²) in [5.41, 5.74) is 2.72. The molecule has 1 atom stereocenters. The molecule has 0 spiro atoms. The molecule has 1 aliphatic heterocycles. The van der Waals surface area contributed by atoms with Gasteiger partial charge in [-0.2, -0.15) is 0 Å². The number of hydrogen-bond acceptors (Lipinski definition) is 1. The van der Waals surface area contributed by atoms with Crippen molar-refractivity contribution >= 4 is 21.6 Å². The minimum atomic E-state index is 0.617. The minimum absolute atomic E-state index is 0.617. The van der Waals surface area contributed by atoms with Gasteiger partial charge in [0.1, 0.15) is 0 Å². The van der Waals surface area contributed by atoms with Crippen molar-refractivity contribution in [3.05, 3.63) is 28.2 Å². The third kappa shape index (κ3) is 1.36. The summed E-state index contributed by atoms with van der Waals surface area (Å²) in [6.07, 6.45) is 2.42. The SMILES string of the molecule is CC1CCc2c(Br)cccc2N1. The first-order chi connectivity index (χ1) is 5.77. The van der Waals surface area contributed by atoms with Gasteiger partial charge in [0.2, 0.25) is 0 Å². The predicted octanol–water partition coefficient (Wildman–Crippen LogP) is 3.20. The molecule has 12 heavy (non-hydrogen) atoms. The molecule has 0 bridgehead atoms. The fraction of sp³-hybridized carbons (Fsp3) is 0.400. The van der Waals surface area contributed by atoms with Gasteiger partial charge >= 0.3 is 0 Å². The average molecular weight is 226 g/mol. The van der Waals surface area contributed by atoms with Crippen LogP contribution in [0.25, 0.3) is 0 Å². The number of halogens is 1. The molecule has 64 valence electrons. The highest BCUT2D eigenvalue weighted by atomic mass is 79.9. The molecule has 0 radical (unpaired) electrons. The summed E-state index contributed by atoms with van der Waals surface area (Å²) in [5, 5.41) is 3.47. The van der Waals surface area contributed by atoms with Crippen LogP contribution in [0.1, 0.15) is 18.9 Å². The number of anilines is 1. The molecule has 2 heteroatoms. The predicted molar refractivity (Wildman–Crippen MR) is 55.5 cm³/mol. The number of benzene rings is 1. The Morgan fingerprint density at radius 2 is 2.33 bits per heavy atom. The van der Waals surface area contributed by atoms with Gasteiger partial charge in [0.05, 0.1) is 0 Å². The smallest absolute Gasteiger partial charge is 0.0386 e. The van der Waals surface area contributed by atoms with Crippen LogP contribution in [0.5, 0.6) is 0 Å². The summed E-state index contributed by atoms with van der Waals surface area (Å²) in [4.78, 5) is 0. The van der Waals surface area contributed by atoms with Crippen LogP contribution >= 0.6 is 15.9 Å². The second kappa shape index (κ2) is 3.09. The van der Waals surface area contributed by atoms with E-state index < -0.39 is 0 Å². The van der Waals surface area contributed by atoms with Crippen molar-refractivity contribution in [3.63, 3.8) is 0 Å². The van der Waals surface area contributed by atoms with E-state index in [0.717, 1.165) is 0 Å². The van der Waals surface area contributed by atoms with Crippen molar-refractivity contribution < 1.29 is 0 Å². The Bertz CT molecular complexity index is 296. The van der Waals surface area contributed by atoms with E-state index in [1.807, 2.05) is 0 Å². The Kier molecular flexibility index (Phi) is 2.09. The van der Waals surface area contributed by atoms with E-state index in [9.17, 15) is 0 Å². The Morgan fingerprint density at radius 3 is 3.17 bits per heavy atom. The van der Waals surface area contributed by atoms with Gasteiger partial charge in [-0.1, -0.05) is 22.0 Å². The maximum atomic E-state index is 3.56. The Balaban J connectivity index is 2.42. The molecule has 1 nitrogen and oxygen atoms in total. The van der Waals surface area contributed by atoms with E-state index in [1.54, 1.807) is 0 Å². The summed E-state index contributed by atoms with van der Waals surface area (Å²) in [6, 6.07) is 6.95. The summed E-state index contributed by atoms with van der Waals surface area (Å²) in [6.45, 7) is 2.23. The maximum absolute atomic E-state index is 3.56. The highest BCUT2D eigenvalue weighted by Crippen LogP contribution is 2.30. The first-order valence-corrected chi connectivity index (χ1v) is 5.10. The Hall–Kier alpha value is -0.500. The maximum Gasteiger partial charge on any atom is 0.0386 e. The van der Waals surface area contributed by atoms with Gasteiger partial charge in [0, 0.05) is 16.2 Å². The largest absolute Gasteiger partial charge is 0.382 e. The van der Waals surface area contributed by atoms with Crippen molar-refractivity contribution in [2.75, 3.05) is 5.32 Å². The molecule has 1 heterocycles. The molecular weight excluding hydrogens is 214 g/mol. The molecule has 1 aromatic carbocycles. The zero-order valence-electron chi connectivity index (χ0n) is 7.10. The van der Waals surface area contributed by atoms with Gasteiger partial charge in [-0.25, -0.2) is 0 Å². The van der Waals surface area contributed by atoms with Gasteiger partial charge < -0.3 is 5.32 Å². The topological polar surface area (TPSA) is 12.0 Å². The van der Waals surface area contributed by atoms with Crippen LogP contribution in [0.3, 0.4) is 0 Å². The standard InChI is InChI=1S/C10H12BrN/c1-7-5-6-8-9(11)3-2-4-10(8)12-7/h2-4,7,12H,5-6H2,1H3. The van der Waals surface area contributed by atoms with Crippen LogP contribution in [-0.2, 0) is 6.42 Å². The van der Waals surface area contributed by atoms with Crippen molar-refractivity contribution in [3.8, 4) is 0 Å². The lowest BCUT2D eigenvalue weighted by atomic mass is 9.99. The lowest BCUT2D eigenvalue weighted by molar-refractivity contribution is 0.679. The Morgan fingerprint density at radius 1 is 1.50 bits per heavy atom. The molecule has 1 aliphatic rings. The van der Waals surface area contributed by atoms with Gasteiger partial charge in [-0.15, -0.1) is 0 Å². The summed E-state index contributed by atoms with van der Waals surface area (Å²) >= 11 is 3.56. The summed E-state index contributed by atoms with van der Waals surface area (Å²) in [5.74, 6) is 0. The fourth-order valence-corrected chi connectivity index (χ4v) is 2.21. The molecule has 0 amide bonds. The third-order valence-corrected chi connectivity index (χ3v) is 3.09. The molecule has 0 fully saturated rings. The Labute approximate surface area is 81.3 Å². The van der Waals surface area contributed by atoms with E-state index >= 15 is 0 Å². The van der Waals surface area contributed by atoms with Crippen LogP contribution in [0.4, 0.5) is 5.69 Å². The normalized spacial score (nSPS) is 21.3. The van der Waals surface area contributed by atoms with Crippen LogP contribution in [-0.4, -0.2) is 6.04 Å². The second-order valence-corrected chi connectivity index (χ2v) is 4.20. The quantitative estimate of drug-likeness (QED) is 0.716. The first kappa shape index (κ1) is 8.11. The van der Waals surface area contributed by atoms with Crippen molar-refractivity contribution in [2.24, 2.45) is 0 Å². The lowest BCUT2D eigenvalue weighted by Gasteiger charge is -2.24. The molecule has 0 saturated heterocycles. The molecule has 0 aliphatic carbocycles. The highest BCUT2D eigenvalue weighted by molar-refractivity contribution is 9.10. The molecule has 1 N–H and O–H groups in total. The first-order valence-electron chi connectivity index (χ1n) is 4.31. The minimum Gasteiger partial charge on any atom is -0.382 e. The number of hydrogen-bond donors (Lipinski definition) is 1. The number of nitrogens with one attached hydrogen (secondary N) is 1. The van der Waals surface area contributed by atoms with Crippen molar-refractivity contribution in [1.82, 2.24) is 0 Å². The van der Waals surface area contributed by atoms with Gasteiger partial charge in [0.15, 0.2) is 0 Å². The van der Waals surface area contributed by atoms with E-state index in [1.165, 1.54) is 28.6 Å². The molecule has 1 aromatic rings. The van der Waals surface area contributed by atoms with E-state index in [4.69, 9.17) is 0 Å². The summed E-state index contributed by atoms with van der Waals surface area (Å²) in [7, 11) is 0. The van der Waals surface area contributed by atoms with Gasteiger partial charge in [0.25, 0.3) is 0 Å². The van der Waals surface area contributed by atoms with Crippen LogP contribution < -0.4 is 5.32 Å². The van der Waals surface area contributed by atoms with E-state index in [0.29, 0.717) is 6.04 Å². The second-order valence-electron chi connectivity index (χ2n) is 3.35. The fourth-order valence-electron chi connectivity index (χ4n) is 1.65. The zero-order chi connectivity index (χ0) is 8.55. The van der Waals surface area contributed by atoms with Gasteiger partial charge in [-0.05, 0) is 37.5 Å². The molecule has 1 unspecified atom stereocenters. The molecule has 0 aromatic heterocycles. The zero-order valence-corrected chi connectivity index (χ0v) is 8.69. The van der Waals surface area contributed by atoms with Gasteiger partial charge in [-0.3, -0.25) is 0 Å². The van der Waals surface area contributed by atoms with Crippen LogP contribution in [0.15, 0.2) is 22.7 Å². The van der Waals surface area contributed by atoms with E-state index in [-0.39, 0.29) is 0 Å². The van der Waals surface area contributed by atoms with Crippen molar-refractivity contribution in [1.29, 1.82) is 0 Å². The van der Waals surface area contributed by atoms with Crippen LogP contribution in [0.2, 0.25) is 0 Å².